The van der Waals surface area contributed by atoms with Crippen molar-refractivity contribution >= 4 is 40.5 Å². The van der Waals surface area contributed by atoms with Crippen LogP contribution in [0.25, 0.3) is 0 Å². The average molecular weight is 297 g/mol. The third-order valence-corrected chi connectivity index (χ3v) is 4.19. The second kappa shape index (κ2) is 5.22. The highest BCUT2D eigenvalue weighted by Crippen LogP contribution is 2.27. The van der Waals surface area contributed by atoms with Crippen molar-refractivity contribution in [3.8, 4) is 0 Å². The molecular formula is C12H13ClN4OS. The fourth-order valence-corrected chi connectivity index (χ4v) is 2.96. The number of halogens is 1. The summed E-state index contributed by atoms with van der Waals surface area (Å²) in [7, 11) is 0. The minimum Gasteiger partial charge on any atom is -0.305 e. The predicted octanol–water partition coefficient (Wildman–Crippen LogP) is 3.58. The summed E-state index contributed by atoms with van der Waals surface area (Å²) in [5.41, 5.74) is 1.79. The van der Waals surface area contributed by atoms with Gasteiger partial charge in [0.05, 0.1) is 5.69 Å². The van der Waals surface area contributed by atoms with Gasteiger partial charge in [0.1, 0.15) is 4.34 Å². The first-order valence-electron chi connectivity index (χ1n) is 6.10. The fourth-order valence-electron chi connectivity index (χ4n) is 2.13. The molecule has 2 aromatic heterocycles. The van der Waals surface area contributed by atoms with Gasteiger partial charge in [-0.3, -0.25) is 10.00 Å². The third kappa shape index (κ3) is 2.74. The van der Waals surface area contributed by atoms with Crippen LogP contribution in [0.1, 0.15) is 18.5 Å². The summed E-state index contributed by atoms with van der Waals surface area (Å²) in [6.07, 6.45) is 3.35. The Kier molecular flexibility index (Phi) is 3.44. The van der Waals surface area contributed by atoms with E-state index in [0.29, 0.717) is 15.8 Å². The van der Waals surface area contributed by atoms with E-state index < -0.39 is 0 Å². The first kappa shape index (κ1) is 12.5. The molecule has 3 rings (SSSR count). The molecule has 100 valence electrons. The number of thiophene rings is 1. The maximum atomic E-state index is 11.8. The molecule has 0 aliphatic carbocycles. The van der Waals surface area contributed by atoms with Gasteiger partial charge in [0.25, 0.3) is 0 Å². The van der Waals surface area contributed by atoms with Crippen LogP contribution in [0.4, 0.5) is 16.3 Å². The molecule has 1 aliphatic heterocycles. The van der Waals surface area contributed by atoms with Crippen LogP contribution in [0, 0.1) is 0 Å². The lowest BCUT2D eigenvalue weighted by molar-refractivity contribution is 0.262. The molecule has 0 spiro atoms. The zero-order valence-corrected chi connectivity index (χ0v) is 11.7. The topological polar surface area (TPSA) is 59.0 Å². The number of aromatic nitrogens is 2. The Balaban J connectivity index is 1.66. The first-order valence-corrected chi connectivity index (χ1v) is 7.36. The quantitative estimate of drug-likeness (QED) is 0.890. The molecule has 5 nitrogen and oxygen atoms in total. The number of hydrogen-bond acceptors (Lipinski definition) is 3. The van der Waals surface area contributed by atoms with Crippen molar-refractivity contribution in [2.45, 2.75) is 25.8 Å². The number of urea groups is 1. The van der Waals surface area contributed by atoms with Gasteiger partial charge in [-0.05, 0) is 30.7 Å². The van der Waals surface area contributed by atoms with Crippen LogP contribution in [0.3, 0.4) is 0 Å². The smallest absolute Gasteiger partial charge is 0.305 e. The molecule has 2 aromatic rings. The van der Waals surface area contributed by atoms with Crippen LogP contribution in [0.2, 0.25) is 4.34 Å². The van der Waals surface area contributed by atoms with Gasteiger partial charge in [-0.25, -0.2) is 4.79 Å². The molecule has 0 radical (unpaired) electrons. The van der Waals surface area contributed by atoms with E-state index in [1.165, 1.54) is 23.5 Å². The molecule has 19 heavy (non-hydrogen) atoms. The number of hydrogen-bond donors (Lipinski definition) is 2. The summed E-state index contributed by atoms with van der Waals surface area (Å²) in [5, 5.41) is 11.6. The summed E-state index contributed by atoms with van der Waals surface area (Å²) >= 11 is 7.30. The summed E-state index contributed by atoms with van der Waals surface area (Å²) < 4.78 is 2.52. The van der Waals surface area contributed by atoms with Gasteiger partial charge in [-0.2, -0.15) is 5.10 Å². The number of nitrogens with one attached hydrogen (secondary N) is 2. The summed E-state index contributed by atoms with van der Waals surface area (Å²) in [6, 6.07) is 3.37. The number of carbonyl (C=O) groups is 1. The van der Waals surface area contributed by atoms with Gasteiger partial charge in [0, 0.05) is 18.3 Å². The van der Waals surface area contributed by atoms with E-state index in [4.69, 9.17) is 11.6 Å². The van der Waals surface area contributed by atoms with E-state index in [-0.39, 0.29) is 6.03 Å². The largest absolute Gasteiger partial charge is 0.324 e. The van der Waals surface area contributed by atoms with Gasteiger partial charge in [0.2, 0.25) is 0 Å². The van der Waals surface area contributed by atoms with Crippen molar-refractivity contribution in [3.63, 3.8) is 0 Å². The van der Waals surface area contributed by atoms with Gasteiger partial charge in [-0.15, -0.1) is 11.3 Å². The SMILES string of the molecule is O=C(Nc1cc2n(n1)CCCC2)Nc1ccsc1Cl. The zero-order valence-electron chi connectivity index (χ0n) is 10.1. The second-order valence-corrected chi connectivity index (χ2v) is 5.91. The van der Waals surface area contributed by atoms with Crippen LogP contribution in [0.15, 0.2) is 17.5 Å². The van der Waals surface area contributed by atoms with Crippen LogP contribution in [-0.4, -0.2) is 15.8 Å². The molecule has 0 atom stereocenters. The third-order valence-electron chi connectivity index (χ3n) is 3.02. The summed E-state index contributed by atoms with van der Waals surface area (Å²) in [5.74, 6) is 0.584. The molecule has 7 heteroatoms. The highest BCUT2D eigenvalue weighted by atomic mass is 35.5. The number of amides is 2. The maximum Gasteiger partial charge on any atom is 0.324 e. The lowest BCUT2D eigenvalue weighted by Crippen LogP contribution is -2.19. The normalized spacial score (nSPS) is 13.9. The molecule has 3 heterocycles. The van der Waals surface area contributed by atoms with Gasteiger partial charge >= 0.3 is 6.03 Å². The van der Waals surface area contributed by atoms with Crippen molar-refractivity contribution < 1.29 is 4.79 Å². The minimum atomic E-state index is -0.323. The van der Waals surface area contributed by atoms with Crippen LogP contribution in [0.5, 0.6) is 0 Å². The molecule has 0 unspecified atom stereocenters. The Morgan fingerprint density at radius 3 is 3.05 bits per heavy atom. The number of rotatable bonds is 2. The van der Waals surface area contributed by atoms with Crippen molar-refractivity contribution in [2.24, 2.45) is 0 Å². The van der Waals surface area contributed by atoms with Crippen LogP contribution < -0.4 is 10.6 Å². The van der Waals surface area contributed by atoms with E-state index in [9.17, 15) is 4.79 Å². The molecule has 0 saturated heterocycles. The maximum absolute atomic E-state index is 11.8. The average Bonchev–Trinajstić information content (AvgIpc) is 2.95. The van der Waals surface area contributed by atoms with E-state index >= 15 is 0 Å². The van der Waals surface area contributed by atoms with E-state index in [0.717, 1.165) is 19.4 Å². The Labute approximate surface area is 119 Å². The van der Waals surface area contributed by atoms with Crippen molar-refractivity contribution in [3.05, 3.63) is 27.5 Å². The number of anilines is 2. The van der Waals surface area contributed by atoms with Gasteiger partial charge in [-0.1, -0.05) is 11.6 Å². The van der Waals surface area contributed by atoms with Crippen molar-refractivity contribution in [1.82, 2.24) is 9.78 Å². The van der Waals surface area contributed by atoms with Crippen molar-refractivity contribution in [1.29, 1.82) is 0 Å². The number of fused-ring (bicyclic) bond motifs is 1. The molecule has 0 saturated carbocycles. The van der Waals surface area contributed by atoms with E-state index in [2.05, 4.69) is 15.7 Å². The van der Waals surface area contributed by atoms with E-state index in [1.54, 1.807) is 6.07 Å². The lowest BCUT2D eigenvalue weighted by atomic mass is 10.1. The first-order chi connectivity index (χ1) is 9.22. The molecule has 0 bridgehead atoms. The highest BCUT2D eigenvalue weighted by molar-refractivity contribution is 7.15. The lowest BCUT2D eigenvalue weighted by Gasteiger charge is -2.11. The number of nitrogens with zero attached hydrogens (tertiary/aromatic N) is 2. The van der Waals surface area contributed by atoms with Gasteiger partial charge < -0.3 is 5.32 Å². The fraction of sp³-hybridized carbons (Fsp3) is 0.333. The molecule has 0 aromatic carbocycles. The minimum absolute atomic E-state index is 0.323. The second-order valence-electron chi connectivity index (χ2n) is 4.39. The van der Waals surface area contributed by atoms with Crippen molar-refractivity contribution in [2.75, 3.05) is 10.6 Å². The summed E-state index contributed by atoms with van der Waals surface area (Å²) in [4.78, 5) is 11.8. The zero-order chi connectivity index (χ0) is 13.2. The monoisotopic (exact) mass is 296 g/mol. The Morgan fingerprint density at radius 1 is 1.42 bits per heavy atom. The Hall–Kier alpha value is -1.53. The molecular weight excluding hydrogens is 284 g/mol. The molecule has 2 N–H and O–H groups in total. The highest BCUT2D eigenvalue weighted by Gasteiger charge is 2.14. The predicted molar refractivity (Wildman–Crippen MR) is 77.1 cm³/mol. The molecule has 2 amide bonds. The van der Waals surface area contributed by atoms with Gasteiger partial charge in [0.15, 0.2) is 5.82 Å². The number of aryl methyl sites for hydroxylation is 2. The summed E-state index contributed by atoms with van der Waals surface area (Å²) in [6.45, 7) is 0.926. The Morgan fingerprint density at radius 2 is 2.32 bits per heavy atom. The Bertz CT molecular complexity index is 583. The van der Waals surface area contributed by atoms with E-state index in [1.807, 2.05) is 16.1 Å². The van der Waals surface area contributed by atoms with Crippen LogP contribution in [-0.2, 0) is 13.0 Å². The number of carbonyl (C=O) groups excluding carboxylic acids is 1. The standard InChI is InChI=1S/C12H13ClN4OS/c13-11-9(4-6-19-11)14-12(18)15-10-7-8-3-1-2-5-17(8)16-10/h4,6-7H,1-3,5H2,(H2,14,15,16,18). The van der Waals surface area contributed by atoms with Crippen LogP contribution >= 0.6 is 22.9 Å². The molecule has 1 aliphatic rings. The molecule has 0 fully saturated rings.